The first-order valence-corrected chi connectivity index (χ1v) is 7.47. The van der Waals surface area contributed by atoms with Crippen molar-refractivity contribution in [1.82, 2.24) is 0 Å². The summed E-state index contributed by atoms with van der Waals surface area (Å²) in [4.78, 5) is 14.1. The zero-order valence-corrected chi connectivity index (χ0v) is 12.9. The topological polar surface area (TPSA) is 70.0 Å². The van der Waals surface area contributed by atoms with Gasteiger partial charge in [0, 0.05) is 18.3 Å². The summed E-state index contributed by atoms with van der Waals surface area (Å²) in [6, 6.07) is 7.43. The molecule has 0 saturated heterocycles. The number of phenolic OH excluding ortho intramolecular Hbond substituents is 2. The number of amides is 1. The number of rotatable bonds is 2. The molecule has 8 heteroatoms. The van der Waals surface area contributed by atoms with E-state index in [1.807, 2.05) is 0 Å². The van der Waals surface area contributed by atoms with E-state index in [0.29, 0.717) is 30.6 Å². The lowest BCUT2D eigenvalue weighted by Gasteiger charge is -2.30. The van der Waals surface area contributed by atoms with Crippen molar-refractivity contribution < 1.29 is 32.9 Å². The molecule has 0 unspecified atom stereocenters. The highest BCUT2D eigenvalue weighted by atomic mass is 19.4. The molecule has 3 rings (SSSR count). The molecule has 1 amide bonds. The van der Waals surface area contributed by atoms with Crippen molar-refractivity contribution in [3.63, 3.8) is 0 Å². The number of aryl methyl sites for hydroxylation is 1. The van der Waals surface area contributed by atoms with Crippen LogP contribution in [-0.2, 0) is 6.42 Å². The largest absolute Gasteiger partial charge is 0.573 e. The quantitative estimate of drug-likeness (QED) is 0.866. The third-order valence-electron chi connectivity index (χ3n) is 3.86. The van der Waals surface area contributed by atoms with Gasteiger partial charge in [-0.25, -0.2) is 0 Å². The minimum atomic E-state index is -4.78. The Morgan fingerprint density at radius 1 is 1.12 bits per heavy atom. The molecule has 25 heavy (non-hydrogen) atoms. The molecule has 1 aliphatic rings. The van der Waals surface area contributed by atoms with Crippen LogP contribution in [0.5, 0.6) is 17.2 Å². The Morgan fingerprint density at radius 2 is 1.88 bits per heavy atom. The van der Waals surface area contributed by atoms with Gasteiger partial charge < -0.3 is 19.8 Å². The summed E-state index contributed by atoms with van der Waals surface area (Å²) >= 11 is 0. The van der Waals surface area contributed by atoms with Crippen molar-refractivity contribution in [3.05, 3.63) is 47.5 Å². The number of carbonyl (C=O) groups is 1. The molecule has 1 aliphatic heterocycles. The van der Waals surface area contributed by atoms with E-state index in [9.17, 15) is 28.2 Å². The van der Waals surface area contributed by atoms with E-state index in [-0.39, 0.29) is 22.8 Å². The number of carbonyl (C=O) groups excluding carboxylic acids is 1. The summed E-state index contributed by atoms with van der Waals surface area (Å²) < 4.78 is 40.9. The Kier molecular flexibility index (Phi) is 4.20. The Balaban J connectivity index is 1.92. The van der Waals surface area contributed by atoms with Crippen molar-refractivity contribution in [2.45, 2.75) is 19.2 Å². The van der Waals surface area contributed by atoms with E-state index in [1.54, 1.807) is 0 Å². The van der Waals surface area contributed by atoms with Crippen molar-refractivity contribution in [2.24, 2.45) is 0 Å². The zero-order valence-electron chi connectivity index (χ0n) is 12.9. The van der Waals surface area contributed by atoms with Gasteiger partial charge in [-0.3, -0.25) is 4.79 Å². The number of hydrogen-bond acceptors (Lipinski definition) is 4. The van der Waals surface area contributed by atoms with Gasteiger partial charge in [0.25, 0.3) is 5.91 Å². The predicted molar refractivity (Wildman–Crippen MR) is 82.9 cm³/mol. The number of fused-ring (bicyclic) bond motifs is 1. The molecule has 2 aromatic carbocycles. The number of ether oxygens (including phenoxy) is 1. The van der Waals surface area contributed by atoms with Crippen LogP contribution in [0.3, 0.4) is 0 Å². The fraction of sp³-hybridized carbons (Fsp3) is 0.235. The number of nitrogens with zero attached hydrogens (tertiary/aromatic N) is 1. The van der Waals surface area contributed by atoms with Crippen LogP contribution in [0.15, 0.2) is 36.4 Å². The van der Waals surface area contributed by atoms with E-state index >= 15 is 0 Å². The van der Waals surface area contributed by atoms with Gasteiger partial charge in [-0.2, -0.15) is 0 Å². The van der Waals surface area contributed by atoms with Gasteiger partial charge in [0.1, 0.15) is 17.2 Å². The Labute approximate surface area is 140 Å². The molecule has 0 radical (unpaired) electrons. The van der Waals surface area contributed by atoms with Crippen LogP contribution in [-0.4, -0.2) is 29.0 Å². The van der Waals surface area contributed by atoms with E-state index < -0.39 is 12.3 Å². The first-order valence-electron chi connectivity index (χ1n) is 7.47. The standard InChI is InChI=1S/C17H14F3NO4/c18-17(19,20)25-12-4-6-14-10(8-12)2-1-7-21(14)16(24)13-5-3-11(22)9-15(13)23/h3-6,8-9,22-23H,1-2,7H2. The van der Waals surface area contributed by atoms with Crippen LogP contribution < -0.4 is 9.64 Å². The number of anilines is 1. The van der Waals surface area contributed by atoms with Gasteiger partial charge in [-0.05, 0) is 48.7 Å². The summed E-state index contributed by atoms with van der Waals surface area (Å²) in [7, 11) is 0. The highest BCUT2D eigenvalue weighted by Crippen LogP contribution is 2.34. The number of alkyl halides is 3. The Morgan fingerprint density at radius 3 is 2.56 bits per heavy atom. The van der Waals surface area contributed by atoms with Crippen LogP contribution in [0.25, 0.3) is 0 Å². The molecule has 0 spiro atoms. The fourth-order valence-corrected chi connectivity index (χ4v) is 2.83. The SMILES string of the molecule is O=C(c1ccc(O)cc1O)N1CCCc2cc(OC(F)(F)F)ccc21. The lowest BCUT2D eigenvalue weighted by molar-refractivity contribution is -0.274. The van der Waals surface area contributed by atoms with Gasteiger partial charge in [-0.1, -0.05) is 0 Å². The first kappa shape index (κ1) is 16.9. The van der Waals surface area contributed by atoms with E-state index in [4.69, 9.17) is 0 Å². The van der Waals surface area contributed by atoms with E-state index in [2.05, 4.69) is 4.74 Å². The van der Waals surface area contributed by atoms with Crippen molar-refractivity contribution in [1.29, 1.82) is 0 Å². The maximum atomic E-state index is 12.7. The van der Waals surface area contributed by atoms with Gasteiger partial charge in [0.2, 0.25) is 0 Å². The lowest BCUT2D eigenvalue weighted by atomic mass is 10.00. The average Bonchev–Trinajstić information content (AvgIpc) is 2.52. The molecule has 5 nitrogen and oxygen atoms in total. The van der Waals surface area contributed by atoms with Gasteiger partial charge in [0.05, 0.1) is 5.56 Å². The van der Waals surface area contributed by atoms with E-state index in [1.165, 1.54) is 29.2 Å². The molecule has 132 valence electrons. The molecule has 0 aromatic heterocycles. The Hall–Kier alpha value is -2.90. The molecule has 0 aliphatic carbocycles. The van der Waals surface area contributed by atoms with Gasteiger partial charge >= 0.3 is 6.36 Å². The summed E-state index contributed by atoms with van der Waals surface area (Å²) in [5, 5.41) is 19.2. The summed E-state index contributed by atoms with van der Waals surface area (Å²) in [5.74, 6) is -1.38. The Bertz CT molecular complexity index is 820. The minimum absolute atomic E-state index is 0.00117. The van der Waals surface area contributed by atoms with E-state index in [0.717, 1.165) is 12.1 Å². The molecule has 2 N–H and O–H groups in total. The molecule has 0 saturated carbocycles. The normalized spacial score (nSPS) is 14.1. The third-order valence-corrected chi connectivity index (χ3v) is 3.86. The highest BCUT2D eigenvalue weighted by Gasteiger charge is 2.32. The number of hydrogen-bond donors (Lipinski definition) is 2. The zero-order chi connectivity index (χ0) is 18.2. The number of aromatic hydroxyl groups is 2. The van der Waals surface area contributed by atoms with Crippen LogP contribution in [0.2, 0.25) is 0 Å². The third kappa shape index (κ3) is 3.62. The van der Waals surface area contributed by atoms with Crippen LogP contribution in [0.1, 0.15) is 22.3 Å². The molecular weight excluding hydrogens is 339 g/mol. The average molecular weight is 353 g/mol. The monoisotopic (exact) mass is 353 g/mol. The summed E-state index contributed by atoms with van der Waals surface area (Å²) in [5.41, 5.74) is 1.03. The lowest BCUT2D eigenvalue weighted by Crippen LogP contribution is -2.35. The van der Waals surface area contributed by atoms with Crippen molar-refractivity contribution >= 4 is 11.6 Å². The second-order valence-corrected chi connectivity index (χ2v) is 5.60. The number of phenols is 2. The van der Waals surface area contributed by atoms with Crippen LogP contribution in [0.4, 0.5) is 18.9 Å². The van der Waals surface area contributed by atoms with Gasteiger partial charge in [-0.15, -0.1) is 13.2 Å². The second-order valence-electron chi connectivity index (χ2n) is 5.60. The maximum absolute atomic E-state index is 12.7. The molecule has 0 bridgehead atoms. The molecule has 1 heterocycles. The fourth-order valence-electron chi connectivity index (χ4n) is 2.83. The highest BCUT2D eigenvalue weighted by molar-refractivity contribution is 6.08. The summed E-state index contributed by atoms with van der Waals surface area (Å²) in [6.45, 7) is 0.367. The first-order chi connectivity index (χ1) is 11.7. The second kappa shape index (κ2) is 6.19. The molecular formula is C17H14F3NO4. The maximum Gasteiger partial charge on any atom is 0.573 e. The van der Waals surface area contributed by atoms with Crippen molar-refractivity contribution in [2.75, 3.05) is 11.4 Å². The molecule has 0 atom stereocenters. The van der Waals surface area contributed by atoms with Gasteiger partial charge in [0.15, 0.2) is 0 Å². The number of halogens is 3. The van der Waals surface area contributed by atoms with Crippen molar-refractivity contribution in [3.8, 4) is 17.2 Å². The molecule has 0 fully saturated rings. The molecule has 2 aromatic rings. The number of benzene rings is 2. The summed E-state index contributed by atoms with van der Waals surface area (Å²) in [6.07, 6.45) is -3.71. The minimum Gasteiger partial charge on any atom is -0.508 e. The van der Waals surface area contributed by atoms with Crippen LogP contribution in [0, 0.1) is 0 Å². The smallest absolute Gasteiger partial charge is 0.508 e. The van der Waals surface area contributed by atoms with Crippen LogP contribution >= 0.6 is 0 Å². The predicted octanol–water partition coefficient (Wildman–Crippen LogP) is 3.59.